The van der Waals surface area contributed by atoms with Gasteiger partial charge in [0, 0.05) is 4.88 Å². The van der Waals surface area contributed by atoms with Crippen LogP contribution in [0.1, 0.15) is 95.4 Å². The fourth-order valence-corrected chi connectivity index (χ4v) is 4.78. The highest BCUT2D eigenvalue weighted by atomic mass is 32.1. The van der Waals surface area contributed by atoms with E-state index in [4.69, 9.17) is 0 Å². The lowest BCUT2D eigenvalue weighted by atomic mass is 10.1. The van der Waals surface area contributed by atoms with Gasteiger partial charge in [0.2, 0.25) is 0 Å². The zero-order valence-corrected chi connectivity index (χ0v) is 18.6. The van der Waals surface area contributed by atoms with Gasteiger partial charge in [0.25, 0.3) is 0 Å². The summed E-state index contributed by atoms with van der Waals surface area (Å²) in [6, 6.07) is 7.56. The number of rotatable bonds is 15. The highest BCUT2D eigenvalue weighted by molar-refractivity contribution is 7.14. The summed E-state index contributed by atoms with van der Waals surface area (Å²) >= 11 is 2.95. The van der Waals surface area contributed by atoms with Crippen molar-refractivity contribution in [3.63, 3.8) is 0 Å². The summed E-state index contributed by atoms with van der Waals surface area (Å²) in [6.45, 7) is 2.26. The normalized spacial score (nSPS) is 11.3. The predicted molar refractivity (Wildman–Crippen MR) is 122 cm³/mol. The van der Waals surface area contributed by atoms with Crippen LogP contribution in [-0.4, -0.2) is 11.6 Å². The maximum absolute atomic E-state index is 12.2. The third-order valence-electron chi connectivity index (χ3n) is 4.83. The number of thiophene rings is 2. The molecule has 0 atom stereocenters. The minimum Gasteiger partial charge on any atom is -0.288 e. The highest BCUT2D eigenvalue weighted by Crippen LogP contribution is 2.21. The minimum atomic E-state index is -0.106. The van der Waals surface area contributed by atoms with Gasteiger partial charge in [-0.25, -0.2) is 0 Å². The van der Waals surface area contributed by atoms with Crippen LogP contribution in [0.3, 0.4) is 0 Å². The molecule has 0 saturated heterocycles. The number of hydrogen-bond acceptors (Lipinski definition) is 4. The Bertz CT molecular complexity index is 726. The summed E-state index contributed by atoms with van der Waals surface area (Å²) in [5.41, 5.74) is 0. The fraction of sp³-hybridized carbons (Fsp3) is 0.500. The number of unbranched alkanes of at least 4 members (excludes halogenated alkanes) is 9. The van der Waals surface area contributed by atoms with Gasteiger partial charge < -0.3 is 0 Å². The first kappa shape index (κ1) is 22.8. The Morgan fingerprint density at radius 3 is 2.00 bits per heavy atom. The topological polar surface area (TPSA) is 34.1 Å². The van der Waals surface area contributed by atoms with Gasteiger partial charge in [0.15, 0.2) is 11.6 Å². The van der Waals surface area contributed by atoms with E-state index >= 15 is 0 Å². The van der Waals surface area contributed by atoms with E-state index in [1.165, 1.54) is 92.6 Å². The second-order valence-corrected chi connectivity index (χ2v) is 9.35. The standard InChI is InChI=1S/C24H32O2S2/c1-2-3-4-5-6-7-8-9-10-11-13-20-15-18-24(28-20)22(26)17-16-21(25)23-14-12-19-27-23/h12,14-19H,2-11,13H2,1H3/b17-16+. The molecule has 0 radical (unpaired) electrons. The van der Waals surface area contributed by atoms with Crippen molar-refractivity contribution < 1.29 is 9.59 Å². The van der Waals surface area contributed by atoms with Gasteiger partial charge >= 0.3 is 0 Å². The molecule has 0 saturated carbocycles. The molecule has 0 spiro atoms. The van der Waals surface area contributed by atoms with Crippen LogP contribution in [0.25, 0.3) is 0 Å². The number of aryl methyl sites for hydroxylation is 1. The van der Waals surface area contributed by atoms with Crippen LogP contribution >= 0.6 is 22.7 Å². The predicted octanol–water partition coefficient (Wildman–Crippen LogP) is 7.89. The highest BCUT2D eigenvalue weighted by Gasteiger charge is 2.08. The molecular formula is C24H32O2S2. The van der Waals surface area contributed by atoms with Crippen LogP contribution in [0.2, 0.25) is 0 Å². The molecule has 2 aromatic heterocycles. The third-order valence-corrected chi connectivity index (χ3v) is 6.88. The Hall–Kier alpha value is -1.52. The first-order chi connectivity index (χ1) is 13.7. The molecule has 2 heterocycles. The van der Waals surface area contributed by atoms with E-state index in [0.717, 1.165) is 11.3 Å². The van der Waals surface area contributed by atoms with Gasteiger partial charge in [-0.05, 0) is 48.6 Å². The van der Waals surface area contributed by atoms with Crippen LogP contribution in [-0.2, 0) is 6.42 Å². The zero-order chi connectivity index (χ0) is 20.0. The van der Waals surface area contributed by atoms with E-state index in [0.29, 0.717) is 4.88 Å². The summed E-state index contributed by atoms with van der Waals surface area (Å²) in [5.74, 6) is -0.185. The van der Waals surface area contributed by atoms with E-state index < -0.39 is 0 Å². The van der Waals surface area contributed by atoms with Gasteiger partial charge in [-0.1, -0.05) is 70.8 Å². The lowest BCUT2D eigenvalue weighted by Gasteiger charge is -2.01. The monoisotopic (exact) mass is 416 g/mol. The Morgan fingerprint density at radius 1 is 0.786 bits per heavy atom. The maximum atomic E-state index is 12.2. The van der Waals surface area contributed by atoms with Gasteiger partial charge in [-0.2, -0.15) is 0 Å². The van der Waals surface area contributed by atoms with Crippen molar-refractivity contribution in [1.29, 1.82) is 0 Å². The fourth-order valence-electron chi connectivity index (χ4n) is 3.17. The average Bonchev–Trinajstić information content (AvgIpc) is 3.39. The summed E-state index contributed by atoms with van der Waals surface area (Å²) in [4.78, 5) is 26.8. The summed E-state index contributed by atoms with van der Waals surface area (Å²) in [6.07, 6.45) is 17.2. The lowest BCUT2D eigenvalue weighted by molar-refractivity contribution is 0.102. The molecule has 152 valence electrons. The first-order valence-corrected chi connectivity index (χ1v) is 12.3. The van der Waals surface area contributed by atoms with Crippen LogP contribution in [0.4, 0.5) is 0 Å². The molecule has 0 aliphatic heterocycles. The van der Waals surface area contributed by atoms with E-state index in [1.807, 2.05) is 17.5 Å². The molecule has 0 aliphatic rings. The van der Waals surface area contributed by atoms with E-state index in [9.17, 15) is 9.59 Å². The molecule has 28 heavy (non-hydrogen) atoms. The molecule has 0 fully saturated rings. The van der Waals surface area contributed by atoms with E-state index in [-0.39, 0.29) is 11.6 Å². The van der Waals surface area contributed by atoms with Crippen LogP contribution in [0.5, 0.6) is 0 Å². The summed E-state index contributed by atoms with van der Waals surface area (Å²) in [7, 11) is 0. The second-order valence-electron chi connectivity index (χ2n) is 7.24. The largest absolute Gasteiger partial charge is 0.288 e. The van der Waals surface area contributed by atoms with Crippen molar-refractivity contribution in [2.24, 2.45) is 0 Å². The average molecular weight is 417 g/mol. The summed E-state index contributed by atoms with van der Waals surface area (Å²) < 4.78 is 0. The molecule has 2 nitrogen and oxygen atoms in total. The number of carbonyl (C=O) groups excluding carboxylic acids is 2. The van der Waals surface area contributed by atoms with Crippen LogP contribution in [0.15, 0.2) is 41.8 Å². The van der Waals surface area contributed by atoms with Crippen molar-refractivity contribution in [3.05, 3.63) is 56.4 Å². The maximum Gasteiger partial charge on any atom is 0.195 e. The molecule has 2 rings (SSSR count). The number of ketones is 2. The van der Waals surface area contributed by atoms with E-state index in [2.05, 4.69) is 13.0 Å². The molecule has 2 aromatic rings. The van der Waals surface area contributed by atoms with Gasteiger partial charge in [0.1, 0.15) is 0 Å². The molecule has 0 bridgehead atoms. The van der Waals surface area contributed by atoms with Crippen molar-refractivity contribution in [1.82, 2.24) is 0 Å². The van der Waals surface area contributed by atoms with Crippen molar-refractivity contribution in [2.75, 3.05) is 0 Å². The Kier molecular flexibility index (Phi) is 11.1. The van der Waals surface area contributed by atoms with Gasteiger partial charge in [0.05, 0.1) is 9.75 Å². The molecule has 0 amide bonds. The quantitative estimate of drug-likeness (QED) is 0.168. The summed E-state index contributed by atoms with van der Waals surface area (Å²) in [5, 5.41) is 1.86. The molecule has 0 N–H and O–H groups in total. The van der Waals surface area contributed by atoms with Crippen molar-refractivity contribution in [2.45, 2.75) is 77.6 Å². The van der Waals surface area contributed by atoms with Crippen molar-refractivity contribution in [3.8, 4) is 0 Å². The molecular weight excluding hydrogens is 384 g/mol. The third kappa shape index (κ3) is 8.66. The first-order valence-electron chi connectivity index (χ1n) is 10.6. The van der Waals surface area contributed by atoms with Crippen LogP contribution in [0, 0.1) is 0 Å². The number of carbonyl (C=O) groups is 2. The Morgan fingerprint density at radius 2 is 1.39 bits per heavy atom. The van der Waals surface area contributed by atoms with Crippen molar-refractivity contribution >= 4 is 34.2 Å². The Labute approximate surface area is 177 Å². The number of hydrogen-bond donors (Lipinski definition) is 0. The van der Waals surface area contributed by atoms with Crippen LogP contribution < -0.4 is 0 Å². The second kappa shape index (κ2) is 13.6. The zero-order valence-electron chi connectivity index (χ0n) is 17.0. The number of allylic oxidation sites excluding steroid dienone is 2. The SMILES string of the molecule is CCCCCCCCCCCCc1ccc(C(=O)/C=C/C(=O)c2cccs2)s1. The Balaban J connectivity index is 1.60. The van der Waals surface area contributed by atoms with Gasteiger partial charge in [-0.15, -0.1) is 22.7 Å². The molecule has 0 unspecified atom stereocenters. The lowest BCUT2D eigenvalue weighted by Crippen LogP contribution is -1.94. The molecule has 0 aliphatic carbocycles. The smallest absolute Gasteiger partial charge is 0.195 e. The molecule has 0 aromatic carbocycles. The minimum absolute atomic E-state index is 0.0794. The van der Waals surface area contributed by atoms with Gasteiger partial charge in [-0.3, -0.25) is 9.59 Å². The van der Waals surface area contributed by atoms with E-state index in [1.54, 1.807) is 17.4 Å². The molecule has 4 heteroatoms.